The standard InChI is InChI=1S/C37H28O2P.HI/c38-37(29-13-5-1-6-14-29)30-21-23-31(24-22-30)39-32-25-27-36(28-26-32)40(33-15-7-2-8-16-33,34-17-9-3-10-18-34)35-19-11-4-12-20-35;/h1-28H;1H/q+1;/p-1. The Bertz CT molecular complexity index is 1590. The first-order valence-corrected chi connectivity index (χ1v) is 15.1. The summed E-state index contributed by atoms with van der Waals surface area (Å²) in [6.45, 7) is 0. The zero-order valence-electron chi connectivity index (χ0n) is 22.3. The van der Waals surface area contributed by atoms with Crippen molar-refractivity contribution < 1.29 is 33.5 Å². The molecule has 0 amide bonds. The van der Waals surface area contributed by atoms with Gasteiger partial charge in [-0.15, -0.1) is 0 Å². The van der Waals surface area contributed by atoms with Crippen LogP contribution in [-0.2, 0) is 0 Å². The summed E-state index contributed by atoms with van der Waals surface area (Å²) in [5, 5.41) is 5.17. The highest BCUT2D eigenvalue weighted by Crippen LogP contribution is 2.54. The van der Waals surface area contributed by atoms with Crippen LogP contribution < -0.4 is 49.9 Å². The van der Waals surface area contributed by atoms with Gasteiger partial charge in [0.25, 0.3) is 0 Å². The van der Waals surface area contributed by atoms with Crippen molar-refractivity contribution >= 4 is 34.3 Å². The molecule has 0 aliphatic heterocycles. The lowest BCUT2D eigenvalue weighted by Gasteiger charge is -2.27. The second-order valence-electron chi connectivity index (χ2n) is 9.49. The number of carbonyl (C=O) groups is 1. The van der Waals surface area contributed by atoms with E-state index < -0.39 is 7.26 Å². The molecule has 0 aromatic heterocycles. The zero-order valence-corrected chi connectivity index (χ0v) is 25.4. The Hall–Kier alpha value is -4.05. The Morgan fingerprint density at radius 1 is 0.390 bits per heavy atom. The lowest BCUT2D eigenvalue weighted by molar-refractivity contribution is -0.0000153. The Morgan fingerprint density at radius 3 is 1.12 bits per heavy atom. The Labute approximate surface area is 259 Å². The largest absolute Gasteiger partial charge is 1.00 e. The van der Waals surface area contributed by atoms with Crippen molar-refractivity contribution in [2.24, 2.45) is 0 Å². The lowest BCUT2D eigenvalue weighted by Crippen LogP contribution is -3.00. The summed E-state index contributed by atoms with van der Waals surface area (Å²) >= 11 is 0. The van der Waals surface area contributed by atoms with Crippen molar-refractivity contribution in [3.8, 4) is 11.5 Å². The van der Waals surface area contributed by atoms with Crippen LogP contribution in [0.15, 0.2) is 170 Å². The number of ketones is 1. The highest BCUT2D eigenvalue weighted by Gasteiger charge is 2.47. The third-order valence-corrected chi connectivity index (χ3v) is 11.3. The minimum absolute atomic E-state index is 0. The fourth-order valence-corrected chi connectivity index (χ4v) is 9.40. The number of ether oxygens (including phenoxy) is 1. The van der Waals surface area contributed by atoms with Crippen LogP contribution in [-0.4, -0.2) is 5.78 Å². The molecule has 4 heteroatoms. The predicted molar refractivity (Wildman–Crippen MR) is 168 cm³/mol. The van der Waals surface area contributed by atoms with E-state index in [-0.39, 0.29) is 29.8 Å². The maximum absolute atomic E-state index is 12.8. The molecule has 0 aliphatic rings. The van der Waals surface area contributed by atoms with Crippen LogP contribution in [0, 0.1) is 0 Å². The van der Waals surface area contributed by atoms with E-state index in [2.05, 4.69) is 103 Å². The van der Waals surface area contributed by atoms with Crippen LogP contribution in [0.2, 0.25) is 0 Å². The second-order valence-corrected chi connectivity index (χ2v) is 12.9. The highest BCUT2D eigenvalue weighted by atomic mass is 127. The molecule has 0 saturated carbocycles. The fraction of sp³-hybridized carbons (Fsp3) is 0. The molecular formula is C37H28IO2P. The number of benzene rings is 6. The Morgan fingerprint density at radius 2 is 0.707 bits per heavy atom. The molecule has 0 spiro atoms. The summed E-state index contributed by atoms with van der Waals surface area (Å²) in [7, 11) is -2.15. The molecule has 2 nitrogen and oxygen atoms in total. The molecule has 0 bridgehead atoms. The van der Waals surface area contributed by atoms with Gasteiger partial charge in [0.15, 0.2) is 5.78 Å². The van der Waals surface area contributed by atoms with Crippen molar-refractivity contribution in [2.45, 2.75) is 0 Å². The maximum atomic E-state index is 12.8. The van der Waals surface area contributed by atoms with Crippen molar-refractivity contribution in [3.63, 3.8) is 0 Å². The van der Waals surface area contributed by atoms with E-state index in [1.807, 2.05) is 66.7 Å². The fourth-order valence-electron chi connectivity index (χ4n) is 5.15. The normalized spacial score (nSPS) is 10.8. The van der Waals surface area contributed by atoms with Gasteiger partial charge in [-0.3, -0.25) is 4.79 Å². The van der Waals surface area contributed by atoms with Crippen molar-refractivity contribution in [1.29, 1.82) is 0 Å². The number of carbonyl (C=O) groups excluding carboxylic acids is 1. The first kappa shape index (κ1) is 28.5. The summed E-state index contributed by atoms with van der Waals surface area (Å²) in [6.07, 6.45) is 0. The average molecular weight is 663 g/mol. The van der Waals surface area contributed by atoms with E-state index in [0.29, 0.717) is 16.9 Å². The van der Waals surface area contributed by atoms with Crippen LogP contribution in [0.5, 0.6) is 11.5 Å². The monoisotopic (exact) mass is 662 g/mol. The highest BCUT2D eigenvalue weighted by molar-refractivity contribution is 8.01. The molecule has 41 heavy (non-hydrogen) atoms. The average Bonchev–Trinajstić information content (AvgIpc) is 3.04. The van der Waals surface area contributed by atoms with Gasteiger partial charge in [-0.1, -0.05) is 84.9 Å². The summed E-state index contributed by atoms with van der Waals surface area (Å²) in [5.41, 5.74) is 1.31. The molecular weight excluding hydrogens is 634 g/mol. The zero-order chi connectivity index (χ0) is 27.2. The van der Waals surface area contributed by atoms with Gasteiger partial charge in [-0.2, -0.15) is 0 Å². The molecule has 0 radical (unpaired) electrons. The van der Waals surface area contributed by atoms with Gasteiger partial charge in [0, 0.05) is 11.1 Å². The second kappa shape index (κ2) is 13.1. The van der Waals surface area contributed by atoms with Crippen LogP contribution in [0.4, 0.5) is 0 Å². The van der Waals surface area contributed by atoms with E-state index in [1.165, 1.54) is 21.2 Å². The van der Waals surface area contributed by atoms with Gasteiger partial charge in [0.2, 0.25) is 0 Å². The number of hydrogen-bond acceptors (Lipinski definition) is 2. The van der Waals surface area contributed by atoms with E-state index in [4.69, 9.17) is 4.74 Å². The van der Waals surface area contributed by atoms with Crippen molar-refractivity contribution in [3.05, 3.63) is 181 Å². The molecule has 0 fully saturated rings. The molecule has 200 valence electrons. The van der Waals surface area contributed by atoms with Crippen LogP contribution in [0.3, 0.4) is 0 Å². The summed E-state index contributed by atoms with van der Waals surface area (Å²) < 4.78 is 6.20. The molecule has 0 heterocycles. The first-order chi connectivity index (χ1) is 19.7. The molecule has 6 aromatic rings. The molecule has 0 unspecified atom stereocenters. The summed E-state index contributed by atoms with van der Waals surface area (Å²) in [4.78, 5) is 12.8. The first-order valence-electron chi connectivity index (χ1n) is 13.3. The van der Waals surface area contributed by atoms with Crippen LogP contribution in [0.25, 0.3) is 0 Å². The number of rotatable bonds is 8. The minimum Gasteiger partial charge on any atom is -1.00 e. The third kappa shape index (κ3) is 5.88. The quantitative estimate of drug-likeness (QED) is 0.138. The minimum atomic E-state index is -2.15. The number of halogens is 1. The molecule has 0 atom stereocenters. The van der Waals surface area contributed by atoms with Crippen LogP contribution >= 0.6 is 7.26 Å². The van der Waals surface area contributed by atoms with Gasteiger partial charge in [-0.25, -0.2) is 0 Å². The Balaban J connectivity index is 0.00000337. The van der Waals surface area contributed by atoms with E-state index in [9.17, 15) is 4.79 Å². The van der Waals surface area contributed by atoms with E-state index >= 15 is 0 Å². The molecule has 0 N–H and O–H groups in total. The predicted octanol–water partition coefficient (Wildman–Crippen LogP) is 4.33. The topological polar surface area (TPSA) is 26.3 Å². The van der Waals surface area contributed by atoms with Gasteiger partial charge in [0.1, 0.15) is 40.0 Å². The molecule has 0 saturated heterocycles. The van der Waals surface area contributed by atoms with Crippen LogP contribution in [0.1, 0.15) is 15.9 Å². The van der Waals surface area contributed by atoms with Gasteiger partial charge < -0.3 is 28.7 Å². The van der Waals surface area contributed by atoms with Gasteiger partial charge >= 0.3 is 0 Å². The summed E-state index contributed by atoms with van der Waals surface area (Å²) in [6, 6.07) is 57.6. The third-order valence-electron chi connectivity index (χ3n) is 7.04. The number of hydrogen-bond donors (Lipinski definition) is 0. The Kier molecular flexibility index (Phi) is 9.08. The van der Waals surface area contributed by atoms with Gasteiger partial charge in [-0.05, 0) is 84.9 Å². The van der Waals surface area contributed by atoms with Crippen molar-refractivity contribution in [1.82, 2.24) is 0 Å². The SMILES string of the molecule is O=C(c1ccccc1)c1ccc(Oc2ccc([P+](c3ccccc3)(c3ccccc3)c3ccccc3)cc2)cc1.[I-]. The molecule has 6 rings (SSSR count). The summed E-state index contributed by atoms with van der Waals surface area (Å²) in [5.74, 6) is 1.44. The van der Waals surface area contributed by atoms with E-state index in [0.717, 1.165) is 5.75 Å². The molecule has 0 aliphatic carbocycles. The van der Waals surface area contributed by atoms with Gasteiger partial charge in [0.05, 0.1) is 0 Å². The smallest absolute Gasteiger partial charge is 0.193 e. The molecule has 6 aromatic carbocycles. The lowest BCUT2D eigenvalue weighted by atomic mass is 10.0. The van der Waals surface area contributed by atoms with E-state index in [1.54, 1.807) is 0 Å². The van der Waals surface area contributed by atoms with Crippen molar-refractivity contribution in [2.75, 3.05) is 0 Å². The maximum Gasteiger partial charge on any atom is 0.193 e.